The molecule has 0 saturated heterocycles. The summed E-state index contributed by atoms with van der Waals surface area (Å²) in [7, 11) is 0. The van der Waals surface area contributed by atoms with Gasteiger partial charge in [0, 0.05) is 31.7 Å². The molecular weight excluding hydrogens is 212 g/mol. The molecule has 0 atom stereocenters. The van der Waals surface area contributed by atoms with E-state index in [9.17, 15) is 4.79 Å². The fraction of sp³-hybridized carbons (Fsp3) is 0.500. The summed E-state index contributed by atoms with van der Waals surface area (Å²) in [5.74, 6) is 0.682. The zero-order chi connectivity index (χ0) is 12.3. The summed E-state index contributed by atoms with van der Waals surface area (Å²) in [4.78, 5) is 14.4. The molecule has 17 heavy (non-hydrogen) atoms. The van der Waals surface area contributed by atoms with Gasteiger partial charge in [-0.25, -0.2) is 0 Å². The predicted molar refractivity (Wildman–Crippen MR) is 68.9 cm³/mol. The number of carbonyl (C=O) groups excluding carboxylic acids is 1. The average molecular weight is 232 g/mol. The molecule has 0 fully saturated rings. The van der Waals surface area contributed by atoms with E-state index < -0.39 is 0 Å². The van der Waals surface area contributed by atoms with E-state index >= 15 is 0 Å². The third-order valence-corrected chi connectivity index (χ3v) is 2.99. The van der Waals surface area contributed by atoms with Crippen molar-refractivity contribution in [1.82, 2.24) is 10.2 Å². The van der Waals surface area contributed by atoms with Gasteiger partial charge in [0.25, 0.3) is 5.91 Å². The number of benzene rings is 1. The minimum atomic E-state index is 0.177. The number of rotatable bonds is 2. The van der Waals surface area contributed by atoms with Crippen molar-refractivity contribution in [2.75, 3.05) is 19.6 Å². The van der Waals surface area contributed by atoms with Crippen LogP contribution in [0.15, 0.2) is 24.3 Å². The Labute approximate surface area is 103 Å². The Morgan fingerprint density at radius 1 is 1.35 bits per heavy atom. The van der Waals surface area contributed by atoms with E-state index in [1.807, 2.05) is 29.2 Å². The molecule has 0 aliphatic carbocycles. The van der Waals surface area contributed by atoms with Gasteiger partial charge in [0.2, 0.25) is 0 Å². The van der Waals surface area contributed by atoms with Crippen molar-refractivity contribution >= 4 is 5.91 Å². The van der Waals surface area contributed by atoms with E-state index in [-0.39, 0.29) is 5.91 Å². The summed E-state index contributed by atoms with van der Waals surface area (Å²) in [6.07, 6.45) is 0. The third-order valence-electron chi connectivity index (χ3n) is 2.99. The van der Waals surface area contributed by atoms with Crippen molar-refractivity contribution < 1.29 is 4.79 Å². The minimum absolute atomic E-state index is 0.177. The summed E-state index contributed by atoms with van der Waals surface area (Å²) in [5, 5.41) is 3.37. The number of hydrogen-bond acceptors (Lipinski definition) is 2. The number of hydrogen-bond donors (Lipinski definition) is 1. The van der Waals surface area contributed by atoms with Gasteiger partial charge in [-0.1, -0.05) is 32.0 Å². The Hall–Kier alpha value is -1.35. The van der Waals surface area contributed by atoms with Gasteiger partial charge >= 0.3 is 0 Å². The van der Waals surface area contributed by atoms with Crippen LogP contribution in [0, 0.1) is 5.92 Å². The van der Waals surface area contributed by atoms with Crippen LogP contribution in [-0.2, 0) is 6.54 Å². The van der Waals surface area contributed by atoms with E-state index in [1.165, 1.54) is 0 Å². The van der Waals surface area contributed by atoms with Crippen molar-refractivity contribution in [3.8, 4) is 0 Å². The highest BCUT2D eigenvalue weighted by Gasteiger charge is 2.20. The summed E-state index contributed by atoms with van der Waals surface area (Å²) in [5.41, 5.74) is 1.95. The standard InChI is InChI=1S/C14H20N2O/c1-11(2)10-16-8-7-15-9-12-5-3-4-6-13(12)14(16)17/h3-6,11,15H,7-10H2,1-2H3. The van der Waals surface area contributed by atoms with Gasteiger partial charge in [-0.3, -0.25) is 4.79 Å². The first-order valence-corrected chi connectivity index (χ1v) is 6.26. The van der Waals surface area contributed by atoms with Gasteiger partial charge in [0.1, 0.15) is 0 Å². The van der Waals surface area contributed by atoms with Crippen molar-refractivity contribution in [2.45, 2.75) is 20.4 Å². The zero-order valence-electron chi connectivity index (χ0n) is 10.6. The molecule has 0 radical (unpaired) electrons. The highest BCUT2D eigenvalue weighted by atomic mass is 16.2. The van der Waals surface area contributed by atoms with Crippen LogP contribution in [0.4, 0.5) is 0 Å². The van der Waals surface area contributed by atoms with E-state index in [4.69, 9.17) is 0 Å². The molecule has 0 spiro atoms. The normalized spacial score (nSPS) is 16.6. The second-order valence-electron chi connectivity index (χ2n) is 4.98. The van der Waals surface area contributed by atoms with Gasteiger partial charge in [-0.2, -0.15) is 0 Å². The summed E-state index contributed by atoms with van der Waals surface area (Å²) in [6, 6.07) is 7.88. The molecule has 2 rings (SSSR count). The predicted octanol–water partition coefficient (Wildman–Crippen LogP) is 1.89. The van der Waals surface area contributed by atoms with Crippen LogP contribution in [0.5, 0.6) is 0 Å². The molecule has 1 heterocycles. The van der Waals surface area contributed by atoms with Crippen LogP contribution in [0.25, 0.3) is 0 Å². The van der Waals surface area contributed by atoms with E-state index in [1.54, 1.807) is 0 Å². The first-order valence-electron chi connectivity index (χ1n) is 6.26. The molecule has 92 valence electrons. The van der Waals surface area contributed by atoms with Gasteiger partial charge in [-0.15, -0.1) is 0 Å². The molecule has 1 N–H and O–H groups in total. The lowest BCUT2D eigenvalue weighted by Gasteiger charge is -2.28. The van der Waals surface area contributed by atoms with Crippen LogP contribution in [-0.4, -0.2) is 30.4 Å². The first-order chi connectivity index (χ1) is 8.18. The SMILES string of the molecule is CC(C)CN1CCNCc2ccccc2C1=O. The molecular formula is C14H20N2O. The molecule has 3 heteroatoms. The molecule has 0 aromatic heterocycles. The maximum atomic E-state index is 12.4. The average Bonchev–Trinajstić information content (AvgIpc) is 2.30. The summed E-state index contributed by atoms with van der Waals surface area (Å²) in [6.45, 7) is 7.57. The van der Waals surface area contributed by atoms with Crippen molar-refractivity contribution in [1.29, 1.82) is 0 Å². The minimum Gasteiger partial charge on any atom is -0.337 e. The van der Waals surface area contributed by atoms with Crippen molar-refractivity contribution in [2.24, 2.45) is 5.92 Å². The van der Waals surface area contributed by atoms with Gasteiger partial charge < -0.3 is 10.2 Å². The number of carbonyl (C=O) groups is 1. The molecule has 1 aromatic carbocycles. The molecule has 1 amide bonds. The molecule has 3 nitrogen and oxygen atoms in total. The Morgan fingerprint density at radius 2 is 2.12 bits per heavy atom. The largest absolute Gasteiger partial charge is 0.337 e. The van der Waals surface area contributed by atoms with E-state index in [0.717, 1.165) is 37.3 Å². The maximum absolute atomic E-state index is 12.4. The number of nitrogens with zero attached hydrogens (tertiary/aromatic N) is 1. The lowest BCUT2D eigenvalue weighted by molar-refractivity contribution is 0.0731. The molecule has 0 unspecified atom stereocenters. The van der Waals surface area contributed by atoms with Crippen LogP contribution < -0.4 is 5.32 Å². The maximum Gasteiger partial charge on any atom is 0.254 e. The number of amides is 1. The fourth-order valence-corrected chi connectivity index (χ4v) is 2.21. The summed E-state index contributed by atoms with van der Waals surface area (Å²) >= 11 is 0. The van der Waals surface area contributed by atoms with Gasteiger partial charge in [-0.05, 0) is 17.5 Å². The van der Waals surface area contributed by atoms with Gasteiger partial charge in [0.15, 0.2) is 0 Å². The zero-order valence-corrected chi connectivity index (χ0v) is 10.6. The monoisotopic (exact) mass is 232 g/mol. The van der Waals surface area contributed by atoms with Gasteiger partial charge in [0.05, 0.1) is 0 Å². The molecule has 0 saturated carbocycles. The lowest BCUT2D eigenvalue weighted by Crippen LogP contribution is -2.41. The Bertz CT molecular complexity index is 401. The van der Waals surface area contributed by atoms with E-state index in [0.29, 0.717) is 5.92 Å². The first kappa shape index (κ1) is 12.1. The van der Waals surface area contributed by atoms with Crippen LogP contribution >= 0.6 is 0 Å². The highest BCUT2D eigenvalue weighted by Crippen LogP contribution is 2.14. The lowest BCUT2D eigenvalue weighted by atomic mass is 10.0. The van der Waals surface area contributed by atoms with Crippen LogP contribution in [0.3, 0.4) is 0 Å². The molecule has 1 aliphatic heterocycles. The Balaban J connectivity index is 2.27. The fourth-order valence-electron chi connectivity index (χ4n) is 2.21. The second kappa shape index (κ2) is 5.32. The highest BCUT2D eigenvalue weighted by molar-refractivity contribution is 5.95. The topological polar surface area (TPSA) is 32.3 Å². The van der Waals surface area contributed by atoms with Crippen LogP contribution in [0.1, 0.15) is 29.8 Å². The van der Waals surface area contributed by atoms with Crippen LogP contribution in [0.2, 0.25) is 0 Å². The molecule has 1 aromatic rings. The smallest absolute Gasteiger partial charge is 0.254 e. The molecule has 0 bridgehead atoms. The Kier molecular flexibility index (Phi) is 3.79. The third kappa shape index (κ3) is 2.86. The summed E-state index contributed by atoms with van der Waals surface area (Å²) < 4.78 is 0. The van der Waals surface area contributed by atoms with E-state index in [2.05, 4.69) is 19.2 Å². The number of fused-ring (bicyclic) bond motifs is 1. The van der Waals surface area contributed by atoms with Crippen molar-refractivity contribution in [3.63, 3.8) is 0 Å². The second-order valence-corrected chi connectivity index (χ2v) is 4.98. The number of nitrogens with one attached hydrogen (secondary N) is 1. The van der Waals surface area contributed by atoms with Crippen molar-refractivity contribution in [3.05, 3.63) is 35.4 Å². The molecule has 1 aliphatic rings. The Morgan fingerprint density at radius 3 is 2.88 bits per heavy atom. The quantitative estimate of drug-likeness (QED) is 0.844.